The third-order valence-corrected chi connectivity index (χ3v) is 2.62. The van der Waals surface area contributed by atoms with Crippen molar-refractivity contribution >= 4 is 28.8 Å². The van der Waals surface area contributed by atoms with Crippen molar-refractivity contribution in [2.45, 2.75) is 13.3 Å². The predicted molar refractivity (Wildman–Crippen MR) is 63.0 cm³/mol. The van der Waals surface area contributed by atoms with Crippen LogP contribution in [0.2, 0.25) is 10.3 Å². The van der Waals surface area contributed by atoms with Crippen molar-refractivity contribution in [2.75, 3.05) is 0 Å². The van der Waals surface area contributed by atoms with Crippen LogP contribution in [0.3, 0.4) is 0 Å². The molecule has 1 aromatic heterocycles. The number of hydrogen-bond donors (Lipinski definition) is 0. The molecule has 0 spiro atoms. The minimum Gasteiger partial charge on any atom is -0.216 e. The monoisotopic (exact) mass is 240 g/mol. The van der Waals surface area contributed by atoms with Crippen molar-refractivity contribution in [3.8, 4) is 0 Å². The number of nitrogens with zero attached hydrogens (tertiary/aromatic N) is 2. The first-order chi connectivity index (χ1) is 7.15. The Morgan fingerprint density at radius 1 is 1.27 bits per heavy atom. The SMILES string of the molecule is CC1C=CC(c2nc(Cl)cc(Cl)n2)=CC1. The van der Waals surface area contributed by atoms with E-state index < -0.39 is 0 Å². The van der Waals surface area contributed by atoms with Crippen molar-refractivity contribution in [1.29, 1.82) is 0 Å². The molecule has 0 saturated carbocycles. The first kappa shape index (κ1) is 10.7. The Labute approximate surface area is 98.6 Å². The maximum Gasteiger partial charge on any atom is 0.162 e. The lowest BCUT2D eigenvalue weighted by molar-refractivity contribution is 0.738. The van der Waals surface area contributed by atoms with Crippen molar-refractivity contribution in [3.63, 3.8) is 0 Å². The van der Waals surface area contributed by atoms with Crippen LogP contribution in [-0.2, 0) is 0 Å². The zero-order chi connectivity index (χ0) is 10.8. The molecule has 2 nitrogen and oxygen atoms in total. The minimum atomic E-state index is 0.373. The lowest BCUT2D eigenvalue weighted by atomic mass is 9.98. The summed E-state index contributed by atoms with van der Waals surface area (Å²) in [7, 11) is 0. The summed E-state index contributed by atoms with van der Waals surface area (Å²) in [6.45, 7) is 2.16. The Bertz CT molecular complexity index is 418. The summed E-state index contributed by atoms with van der Waals surface area (Å²) in [4.78, 5) is 8.27. The molecule has 0 bridgehead atoms. The van der Waals surface area contributed by atoms with Crippen LogP contribution in [0.15, 0.2) is 24.3 Å². The molecule has 0 saturated heterocycles. The molecule has 1 aliphatic rings. The largest absolute Gasteiger partial charge is 0.216 e. The molecule has 1 atom stereocenters. The Hall–Kier alpha value is -0.860. The molecule has 1 aliphatic carbocycles. The third-order valence-electron chi connectivity index (χ3n) is 2.24. The van der Waals surface area contributed by atoms with Crippen LogP contribution in [0.4, 0.5) is 0 Å². The molecule has 0 radical (unpaired) electrons. The molecule has 0 aromatic carbocycles. The maximum atomic E-state index is 5.81. The quantitative estimate of drug-likeness (QED) is 0.699. The van der Waals surface area contributed by atoms with Gasteiger partial charge in [0, 0.05) is 11.6 Å². The van der Waals surface area contributed by atoms with Crippen LogP contribution in [-0.4, -0.2) is 9.97 Å². The molecule has 0 aliphatic heterocycles. The number of rotatable bonds is 1. The summed E-state index contributed by atoms with van der Waals surface area (Å²) in [6.07, 6.45) is 7.25. The average molecular weight is 241 g/mol. The minimum absolute atomic E-state index is 0.373. The van der Waals surface area contributed by atoms with E-state index in [-0.39, 0.29) is 0 Å². The zero-order valence-corrected chi connectivity index (χ0v) is 9.76. The highest BCUT2D eigenvalue weighted by molar-refractivity contribution is 6.33. The highest BCUT2D eigenvalue weighted by Crippen LogP contribution is 2.23. The highest BCUT2D eigenvalue weighted by atomic mass is 35.5. The summed E-state index contributed by atoms with van der Waals surface area (Å²) in [6, 6.07) is 1.53. The van der Waals surface area contributed by atoms with Crippen LogP contribution in [0, 0.1) is 5.92 Å². The summed E-state index contributed by atoms with van der Waals surface area (Å²) in [5.74, 6) is 1.17. The fraction of sp³-hybridized carbons (Fsp3) is 0.273. The second-order valence-electron chi connectivity index (χ2n) is 3.57. The molecule has 2 rings (SSSR count). The van der Waals surface area contributed by atoms with E-state index in [0.717, 1.165) is 12.0 Å². The van der Waals surface area contributed by atoms with Crippen molar-refractivity contribution in [3.05, 3.63) is 40.4 Å². The lowest BCUT2D eigenvalue weighted by Gasteiger charge is -2.10. The first-order valence-electron chi connectivity index (χ1n) is 4.74. The Morgan fingerprint density at radius 2 is 1.93 bits per heavy atom. The van der Waals surface area contributed by atoms with Crippen molar-refractivity contribution in [1.82, 2.24) is 9.97 Å². The van der Waals surface area contributed by atoms with E-state index in [9.17, 15) is 0 Å². The van der Waals surface area contributed by atoms with Crippen molar-refractivity contribution < 1.29 is 0 Å². The summed E-state index contributed by atoms with van der Waals surface area (Å²) in [5, 5.41) is 0.746. The molecule has 0 N–H and O–H groups in total. The second-order valence-corrected chi connectivity index (χ2v) is 4.34. The smallest absolute Gasteiger partial charge is 0.162 e. The van der Waals surface area contributed by atoms with E-state index in [1.54, 1.807) is 0 Å². The Morgan fingerprint density at radius 3 is 2.47 bits per heavy atom. The number of allylic oxidation sites excluding steroid dienone is 4. The fourth-order valence-corrected chi connectivity index (χ4v) is 1.84. The average Bonchev–Trinajstić information content (AvgIpc) is 2.17. The van der Waals surface area contributed by atoms with E-state index in [0.29, 0.717) is 22.0 Å². The van der Waals surface area contributed by atoms with Gasteiger partial charge in [0.1, 0.15) is 10.3 Å². The second kappa shape index (κ2) is 4.33. The topological polar surface area (TPSA) is 25.8 Å². The van der Waals surface area contributed by atoms with Gasteiger partial charge in [-0.1, -0.05) is 48.4 Å². The van der Waals surface area contributed by atoms with Gasteiger partial charge in [0.05, 0.1) is 0 Å². The van der Waals surface area contributed by atoms with Gasteiger partial charge < -0.3 is 0 Å². The Kier molecular flexibility index (Phi) is 3.08. The van der Waals surface area contributed by atoms with Gasteiger partial charge in [0.25, 0.3) is 0 Å². The normalized spacial score (nSPS) is 20.2. The van der Waals surface area contributed by atoms with Crippen LogP contribution in [0.1, 0.15) is 19.2 Å². The molecule has 78 valence electrons. The third kappa shape index (κ3) is 2.58. The molecule has 1 unspecified atom stereocenters. The van der Waals surface area contributed by atoms with Crippen LogP contribution in [0.5, 0.6) is 0 Å². The van der Waals surface area contributed by atoms with Gasteiger partial charge >= 0.3 is 0 Å². The molecule has 1 aromatic rings. The van der Waals surface area contributed by atoms with Gasteiger partial charge in [-0.05, 0) is 12.3 Å². The van der Waals surface area contributed by atoms with Gasteiger partial charge in [0.15, 0.2) is 5.82 Å². The van der Waals surface area contributed by atoms with Gasteiger partial charge in [-0.2, -0.15) is 0 Å². The highest BCUT2D eigenvalue weighted by Gasteiger charge is 2.09. The molecule has 4 heteroatoms. The van der Waals surface area contributed by atoms with E-state index in [2.05, 4.69) is 29.0 Å². The molecule has 0 fully saturated rings. The molecule has 1 heterocycles. The van der Waals surface area contributed by atoms with Gasteiger partial charge in [-0.25, -0.2) is 9.97 Å². The van der Waals surface area contributed by atoms with Gasteiger partial charge in [-0.15, -0.1) is 0 Å². The summed E-state index contributed by atoms with van der Waals surface area (Å²) in [5.41, 5.74) is 0.984. The molecule has 0 amide bonds. The van der Waals surface area contributed by atoms with Gasteiger partial charge in [0.2, 0.25) is 0 Å². The molecular weight excluding hydrogens is 231 g/mol. The summed E-state index contributed by atoms with van der Waals surface area (Å²) < 4.78 is 0. The van der Waals surface area contributed by atoms with E-state index >= 15 is 0 Å². The summed E-state index contributed by atoms with van der Waals surface area (Å²) >= 11 is 11.6. The fourth-order valence-electron chi connectivity index (χ4n) is 1.41. The number of hydrogen-bond acceptors (Lipinski definition) is 2. The van der Waals surface area contributed by atoms with Crippen LogP contribution >= 0.6 is 23.2 Å². The zero-order valence-electron chi connectivity index (χ0n) is 8.24. The van der Waals surface area contributed by atoms with E-state index in [1.807, 2.05) is 6.08 Å². The van der Waals surface area contributed by atoms with Crippen LogP contribution in [0.25, 0.3) is 5.57 Å². The first-order valence-corrected chi connectivity index (χ1v) is 5.49. The maximum absolute atomic E-state index is 5.81. The van der Waals surface area contributed by atoms with Gasteiger partial charge in [-0.3, -0.25) is 0 Å². The number of aromatic nitrogens is 2. The predicted octanol–water partition coefficient (Wildman–Crippen LogP) is 3.76. The lowest BCUT2D eigenvalue weighted by Crippen LogP contribution is -1.98. The standard InChI is InChI=1S/C11H10Cl2N2/c1-7-2-4-8(5-3-7)11-14-9(12)6-10(13)15-11/h2,4-7H,3H2,1H3. The van der Waals surface area contributed by atoms with E-state index in [4.69, 9.17) is 23.2 Å². The molecular formula is C11H10Cl2N2. The van der Waals surface area contributed by atoms with Crippen LogP contribution < -0.4 is 0 Å². The van der Waals surface area contributed by atoms with E-state index in [1.165, 1.54) is 6.07 Å². The molecule has 15 heavy (non-hydrogen) atoms. The number of halogens is 2. The Balaban J connectivity index is 2.34. The van der Waals surface area contributed by atoms with Crippen molar-refractivity contribution in [2.24, 2.45) is 5.92 Å².